The van der Waals surface area contributed by atoms with E-state index in [9.17, 15) is 5.11 Å². The number of hydrogen-bond donors (Lipinski definition) is 1. The van der Waals surface area contributed by atoms with Crippen molar-refractivity contribution in [1.82, 2.24) is 0 Å². The SMILES string of the molecule is C[C@H](O)[C@]1([Si](C)(C)c2ccccc2)CO1. The average Bonchev–Trinajstić information content (AvgIpc) is 3.00. The van der Waals surface area contributed by atoms with Crippen LogP contribution in [-0.4, -0.2) is 31.1 Å². The van der Waals surface area contributed by atoms with Gasteiger partial charge in [0.2, 0.25) is 0 Å². The molecule has 0 amide bonds. The molecule has 2 rings (SSSR count). The molecule has 2 nitrogen and oxygen atoms in total. The molecule has 0 aliphatic carbocycles. The summed E-state index contributed by atoms with van der Waals surface area (Å²) in [5.74, 6) is 0. The van der Waals surface area contributed by atoms with E-state index in [1.165, 1.54) is 5.19 Å². The number of hydrogen-bond acceptors (Lipinski definition) is 2. The zero-order valence-electron chi connectivity index (χ0n) is 9.53. The third-order valence-electron chi connectivity index (χ3n) is 3.68. The van der Waals surface area contributed by atoms with Crippen LogP contribution in [0, 0.1) is 0 Å². The first-order valence-electron chi connectivity index (χ1n) is 5.38. The number of epoxide rings is 1. The van der Waals surface area contributed by atoms with Crippen molar-refractivity contribution in [3.63, 3.8) is 0 Å². The van der Waals surface area contributed by atoms with Gasteiger partial charge in [-0.1, -0.05) is 48.6 Å². The van der Waals surface area contributed by atoms with E-state index in [0.29, 0.717) is 6.61 Å². The van der Waals surface area contributed by atoms with E-state index in [1.807, 2.05) is 13.0 Å². The van der Waals surface area contributed by atoms with Crippen LogP contribution in [0.4, 0.5) is 0 Å². The lowest BCUT2D eigenvalue weighted by molar-refractivity contribution is 0.128. The van der Waals surface area contributed by atoms with Crippen molar-refractivity contribution in [2.45, 2.75) is 31.3 Å². The minimum absolute atomic E-state index is 0.256. The summed E-state index contributed by atoms with van der Waals surface area (Å²) in [6.45, 7) is 7.08. The molecule has 1 heterocycles. The number of ether oxygens (including phenoxy) is 1. The molecular weight excluding hydrogens is 204 g/mol. The molecule has 0 spiro atoms. The number of benzene rings is 1. The summed E-state index contributed by atoms with van der Waals surface area (Å²) >= 11 is 0. The molecule has 1 aromatic rings. The average molecular weight is 222 g/mol. The summed E-state index contributed by atoms with van der Waals surface area (Å²) in [6.07, 6.45) is -0.376. The maximum atomic E-state index is 9.85. The number of rotatable bonds is 3. The Kier molecular flexibility index (Phi) is 2.49. The van der Waals surface area contributed by atoms with Gasteiger partial charge in [-0.15, -0.1) is 0 Å². The Labute approximate surface area is 91.9 Å². The van der Waals surface area contributed by atoms with Crippen LogP contribution in [0.5, 0.6) is 0 Å². The van der Waals surface area contributed by atoms with Gasteiger partial charge in [-0.2, -0.15) is 0 Å². The lowest BCUT2D eigenvalue weighted by atomic mass is 10.3. The summed E-state index contributed by atoms with van der Waals surface area (Å²) in [5, 5.41) is 10.9. The van der Waals surface area contributed by atoms with Crippen LogP contribution < -0.4 is 5.19 Å². The number of aliphatic hydroxyl groups excluding tert-OH is 1. The summed E-state index contributed by atoms with van der Waals surface area (Å²) in [4.78, 5) is 0. The lowest BCUT2D eigenvalue weighted by Crippen LogP contribution is -2.60. The molecule has 1 fully saturated rings. The molecule has 3 heteroatoms. The van der Waals surface area contributed by atoms with E-state index in [4.69, 9.17) is 4.74 Å². The molecular formula is C12H18O2Si. The highest BCUT2D eigenvalue weighted by Crippen LogP contribution is 2.39. The Morgan fingerprint density at radius 3 is 2.27 bits per heavy atom. The van der Waals surface area contributed by atoms with Crippen LogP contribution in [0.3, 0.4) is 0 Å². The van der Waals surface area contributed by atoms with E-state index in [0.717, 1.165) is 0 Å². The standard InChI is InChI=1S/C12H18O2Si/c1-10(13)12(9-14-12)15(2,3)11-7-5-4-6-8-11/h4-8,10,13H,9H2,1-3H3/t10-,12+/m0/s1. The molecule has 0 bridgehead atoms. The van der Waals surface area contributed by atoms with E-state index in [2.05, 4.69) is 37.4 Å². The predicted octanol–water partition coefficient (Wildman–Crippen LogP) is 1.29. The second kappa shape index (κ2) is 3.44. The molecule has 1 N–H and O–H groups in total. The van der Waals surface area contributed by atoms with Gasteiger partial charge in [-0.3, -0.25) is 0 Å². The molecule has 15 heavy (non-hydrogen) atoms. The smallest absolute Gasteiger partial charge is 0.123 e. The third-order valence-corrected chi connectivity index (χ3v) is 8.28. The second-order valence-corrected chi connectivity index (χ2v) is 9.52. The van der Waals surface area contributed by atoms with Gasteiger partial charge in [0.15, 0.2) is 0 Å². The molecule has 1 aliphatic heterocycles. The van der Waals surface area contributed by atoms with E-state index in [1.54, 1.807) is 0 Å². The van der Waals surface area contributed by atoms with Crippen molar-refractivity contribution in [3.8, 4) is 0 Å². The molecule has 1 saturated heterocycles. The third kappa shape index (κ3) is 1.55. The summed E-state index contributed by atoms with van der Waals surface area (Å²) in [7, 11) is -1.73. The van der Waals surface area contributed by atoms with Gasteiger partial charge < -0.3 is 9.84 Å². The van der Waals surface area contributed by atoms with Gasteiger partial charge >= 0.3 is 0 Å². The minimum Gasteiger partial charge on any atom is -0.391 e. The molecule has 0 aromatic heterocycles. The highest BCUT2D eigenvalue weighted by Gasteiger charge is 2.61. The maximum Gasteiger partial charge on any atom is 0.123 e. The van der Waals surface area contributed by atoms with Gasteiger partial charge in [0, 0.05) is 0 Å². The van der Waals surface area contributed by atoms with Gasteiger partial charge in [0.25, 0.3) is 0 Å². The Morgan fingerprint density at radius 2 is 1.87 bits per heavy atom. The molecule has 1 aromatic carbocycles. The van der Waals surface area contributed by atoms with E-state index in [-0.39, 0.29) is 11.3 Å². The molecule has 0 radical (unpaired) electrons. The van der Waals surface area contributed by atoms with Crippen molar-refractivity contribution < 1.29 is 9.84 Å². The molecule has 0 saturated carbocycles. The van der Waals surface area contributed by atoms with Gasteiger partial charge in [-0.25, -0.2) is 0 Å². The topological polar surface area (TPSA) is 32.8 Å². The molecule has 82 valence electrons. The van der Waals surface area contributed by atoms with Crippen molar-refractivity contribution in [2.24, 2.45) is 0 Å². The summed E-state index contributed by atoms with van der Waals surface area (Å²) < 4.78 is 5.59. The quantitative estimate of drug-likeness (QED) is 0.617. The first-order valence-corrected chi connectivity index (χ1v) is 8.38. The van der Waals surface area contributed by atoms with Crippen LogP contribution in [-0.2, 0) is 4.74 Å². The van der Waals surface area contributed by atoms with Crippen LogP contribution in [0.2, 0.25) is 13.1 Å². The highest BCUT2D eigenvalue weighted by molar-refractivity contribution is 6.92. The highest BCUT2D eigenvalue weighted by atomic mass is 28.3. The largest absolute Gasteiger partial charge is 0.391 e. The second-order valence-electron chi connectivity index (χ2n) is 4.85. The van der Waals surface area contributed by atoms with Crippen molar-refractivity contribution in [2.75, 3.05) is 6.61 Å². The van der Waals surface area contributed by atoms with E-state index >= 15 is 0 Å². The lowest BCUT2D eigenvalue weighted by Gasteiger charge is -2.32. The summed E-state index contributed by atoms with van der Waals surface area (Å²) in [5.41, 5.74) is 0. The van der Waals surface area contributed by atoms with Crippen LogP contribution in [0.25, 0.3) is 0 Å². The zero-order valence-corrected chi connectivity index (χ0v) is 10.5. The Bertz CT molecular complexity index is 342. The van der Waals surface area contributed by atoms with Crippen molar-refractivity contribution in [3.05, 3.63) is 30.3 Å². The maximum absolute atomic E-state index is 9.85. The fraction of sp³-hybridized carbons (Fsp3) is 0.500. The van der Waals surface area contributed by atoms with Gasteiger partial charge in [-0.05, 0) is 6.92 Å². The monoisotopic (exact) mass is 222 g/mol. The first-order chi connectivity index (χ1) is 7.01. The van der Waals surface area contributed by atoms with Crippen molar-refractivity contribution >= 4 is 13.3 Å². The normalized spacial score (nSPS) is 27.5. The van der Waals surface area contributed by atoms with Crippen LogP contribution in [0.15, 0.2) is 30.3 Å². The zero-order chi connectivity index (χ0) is 11.1. The van der Waals surface area contributed by atoms with Crippen LogP contribution >= 0.6 is 0 Å². The Morgan fingerprint density at radius 1 is 1.33 bits per heavy atom. The first kappa shape index (κ1) is 10.9. The minimum atomic E-state index is -1.73. The fourth-order valence-corrected chi connectivity index (χ4v) is 5.65. The fourth-order valence-electron chi connectivity index (χ4n) is 2.30. The van der Waals surface area contributed by atoms with Gasteiger partial charge in [0.05, 0.1) is 12.7 Å². The van der Waals surface area contributed by atoms with Crippen LogP contribution in [0.1, 0.15) is 6.92 Å². The molecule has 1 aliphatic rings. The molecule has 2 atom stereocenters. The van der Waals surface area contributed by atoms with E-state index < -0.39 is 8.07 Å². The summed E-state index contributed by atoms with van der Waals surface area (Å²) in [6, 6.07) is 10.4. The Hall–Kier alpha value is -0.643. The number of aliphatic hydroxyl groups is 1. The van der Waals surface area contributed by atoms with Gasteiger partial charge in [0.1, 0.15) is 13.3 Å². The van der Waals surface area contributed by atoms with Crippen molar-refractivity contribution in [1.29, 1.82) is 0 Å². The Balaban J connectivity index is 2.36. The molecule has 0 unspecified atom stereocenters. The predicted molar refractivity (Wildman–Crippen MR) is 63.9 cm³/mol.